The number of unbranched alkanes of at least 4 members (excludes halogenated alkanes) is 4. The van der Waals surface area contributed by atoms with Crippen LogP contribution in [0, 0.1) is 0 Å². The fraction of sp³-hybridized carbons (Fsp3) is 0.364. The molecule has 0 aliphatic carbocycles. The van der Waals surface area contributed by atoms with Gasteiger partial charge in [-0.25, -0.2) is 0 Å². The monoisotopic (exact) mass is 324 g/mol. The van der Waals surface area contributed by atoms with Crippen LogP contribution < -0.4 is 0 Å². The molecule has 0 saturated carbocycles. The fourth-order valence-corrected chi connectivity index (χ4v) is 2.33. The zero-order chi connectivity index (χ0) is 17.6. The molecule has 2 rings (SSSR count). The molecule has 0 bridgehead atoms. The first-order valence-electron chi connectivity index (χ1n) is 8.79. The van der Waals surface area contributed by atoms with Crippen LogP contribution in [0.15, 0.2) is 60.7 Å². The summed E-state index contributed by atoms with van der Waals surface area (Å²) in [5.41, 5.74) is 1.63. The van der Waals surface area contributed by atoms with Crippen molar-refractivity contribution in [2.75, 3.05) is 0 Å². The molecule has 2 aromatic carbocycles. The third-order valence-corrected chi connectivity index (χ3v) is 3.78. The summed E-state index contributed by atoms with van der Waals surface area (Å²) in [5.74, 6) is 0.405. The van der Waals surface area contributed by atoms with Gasteiger partial charge in [-0.3, -0.25) is 9.59 Å². The van der Waals surface area contributed by atoms with Gasteiger partial charge in [0.25, 0.3) is 0 Å². The van der Waals surface area contributed by atoms with Crippen molar-refractivity contribution in [3.8, 4) is 0 Å². The van der Waals surface area contributed by atoms with Gasteiger partial charge in [0.2, 0.25) is 0 Å². The van der Waals surface area contributed by atoms with Crippen LogP contribution in [0.4, 0.5) is 0 Å². The van der Waals surface area contributed by atoms with Crippen molar-refractivity contribution in [2.24, 2.45) is 0 Å². The standard InChI is InChI=1S/C14H20O.C8H8O/c1-2-3-4-5-9-12-14(15)13-10-7-6-8-11-13;1-7(9)8-5-3-2-4-6-8/h6-8,10-11H,2-5,9,12H2,1H3;2-6H,1H3. The maximum absolute atomic E-state index is 11.7. The third-order valence-electron chi connectivity index (χ3n) is 3.78. The van der Waals surface area contributed by atoms with E-state index in [-0.39, 0.29) is 11.6 Å². The van der Waals surface area contributed by atoms with Crippen LogP contribution in [0.2, 0.25) is 0 Å². The van der Waals surface area contributed by atoms with E-state index in [0.29, 0.717) is 6.42 Å². The van der Waals surface area contributed by atoms with E-state index < -0.39 is 0 Å². The molecule has 2 heteroatoms. The Morgan fingerprint density at radius 2 is 1.21 bits per heavy atom. The fourth-order valence-electron chi connectivity index (χ4n) is 2.33. The smallest absolute Gasteiger partial charge is 0.162 e. The SMILES string of the molecule is CC(=O)c1ccccc1.CCCCCCCC(=O)c1ccccc1. The molecule has 0 heterocycles. The van der Waals surface area contributed by atoms with E-state index in [1.165, 1.54) is 25.7 Å². The highest BCUT2D eigenvalue weighted by molar-refractivity contribution is 5.96. The van der Waals surface area contributed by atoms with E-state index in [4.69, 9.17) is 0 Å². The summed E-state index contributed by atoms with van der Waals surface area (Å²) in [7, 11) is 0. The van der Waals surface area contributed by atoms with E-state index in [0.717, 1.165) is 17.5 Å². The highest BCUT2D eigenvalue weighted by Gasteiger charge is 2.03. The van der Waals surface area contributed by atoms with Crippen molar-refractivity contribution in [3.05, 3.63) is 71.8 Å². The van der Waals surface area contributed by atoms with E-state index in [2.05, 4.69) is 6.92 Å². The Kier molecular flexibility index (Phi) is 10.1. The van der Waals surface area contributed by atoms with Crippen LogP contribution in [-0.4, -0.2) is 11.6 Å². The van der Waals surface area contributed by atoms with Gasteiger partial charge in [-0.15, -0.1) is 0 Å². The zero-order valence-electron chi connectivity index (χ0n) is 14.8. The Bertz CT molecular complexity index is 588. The average molecular weight is 324 g/mol. The van der Waals surface area contributed by atoms with Crippen molar-refractivity contribution < 1.29 is 9.59 Å². The number of rotatable bonds is 8. The number of ketones is 2. The topological polar surface area (TPSA) is 34.1 Å². The minimum atomic E-state index is 0.121. The predicted octanol–water partition coefficient (Wildman–Crippen LogP) is 6.12. The van der Waals surface area contributed by atoms with Crippen LogP contribution in [-0.2, 0) is 0 Å². The molecule has 128 valence electrons. The minimum absolute atomic E-state index is 0.121. The summed E-state index contributed by atoms with van der Waals surface area (Å²) in [4.78, 5) is 22.3. The first kappa shape index (κ1) is 19.8. The lowest BCUT2D eigenvalue weighted by Gasteiger charge is -2.00. The molecule has 0 aliphatic heterocycles. The highest BCUT2D eigenvalue weighted by Crippen LogP contribution is 2.09. The summed E-state index contributed by atoms with van der Waals surface area (Å²) in [6.07, 6.45) is 6.73. The Morgan fingerprint density at radius 1 is 0.708 bits per heavy atom. The van der Waals surface area contributed by atoms with Crippen molar-refractivity contribution in [3.63, 3.8) is 0 Å². The second-order valence-electron chi connectivity index (χ2n) is 5.88. The molecule has 0 radical (unpaired) electrons. The third kappa shape index (κ3) is 8.42. The van der Waals surface area contributed by atoms with Crippen LogP contribution in [0.3, 0.4) is 0 Å². The molecule has 0 amide bonds. The van der Waals surface area contributed by atoms with Crippen LogP contribution in [0.25, 0.3) is 0 Å². The molecule has 2 aromatic rings. The van der Waals surface area contributed by atoms with Crippen molar-refractivity contribution in [2.45, 2.75) is 52.4 Å². The molecule has 0 fully saturated rings. The molecular weight excluding hydrogens is 296 g/mol. The van der Waals surface area contributed by atoms with E-state index in [1.54, 1.807) is 6.92 Å². The second kappa shape index (κ2) is 12.2. The average Bonchev–Trinajstić information content (AvgIpc) is 2.63. The van der Waals surface area contributed by atoms with E-state index in [9.17, 15) is 9.59 Å². The van der Waals surface area contributed by atoms with E-state index >= 15 is 0 Å². The van der Waals surface area contributed by atoms with Gasteiger partial charge in [0, 0.05) is 17.5 Å². The quantitative estimate of drug-likeness (QED) is 0.433. The Balaban J connectivity index is 0.000000272. The summed E-state index contributed by atoms with van der Waals surface area (Å²) >= 11 is 0. The number of hydrogen-bond donors (Lipinski definition) is 0. The van der Waals surface area contributed by atoms with Gasteiger partial charge >= 0.3 is 0 Å². The molecule has 24 heavy (non-hydrogen) atoms. The maximum atomic E-state index is 11.7. The van der Waals surface area contributed by atoms with Crippen LogP contribution in [0.1, 0.15) is 73.1 Å². The lowest BCUT2D eigenvalue weighted by Crippen LogP contribution is -1.98. The minimum Gasteiger partial charge on any atom is -0.295 e. The molecule has 0 atom stereocenters. The molecule has 0 aromatic heterocycles. The molecule has 0 unspecified atom stereocenters. The van der Waals surface area contributed by atoms with Crippen molar-refractivity contribution in [1.82, 2.24) is 0 Å². The number of Topliss-reactive ketones (excluding diaryl/α,β-unsaturated/α-hetero) is 2. The number of benzene rings is 2. The zero-order valence-corrected chi connectivity index (χ0v) is 14.8. The predicted molar refractivity (Wildman–Crippen MR) is 101 cm³/mol. The summed E-state index contributed by atoms with van der Waals surface area (Å²) < 4.78 is 0. The van der Waals surface area contributed by atoms with Gasteiger partial charge in [0.05, 0.1) is 0 Å². The summed E-state index contributed by atoms with van der Waals surface area (Å²) in [6, 6.07) is 18.8. The summed E-state index contributed by atoms with van der Waals surface area (Å²) in [5, 5.41) is 0. The molecule has 0 N–H and O–H groups in total. The molecule has 0 aliphatic rings. The van der Waals surface area contributed by atoms with Crippen LogP contribution in [0.5, 0.6) is 0 Å². The summed E-state index contributed by atoms with van der Waals surface area (Å²) in [6.45, 7) is 3.77. The Morgan fingerprint density at radius 3 is 1.67 bits per heavy atom. The Hall–Kier alpha value is -2.22. The first-order valence-corrected chi connectivity index (χ1v) is 8.79. The second-order valence-corrected chi connectivity index (χ2v) is 5.88. The molecule has 2 nitrogen and oxygen atoms in total. The number of carbonyl (C=O) groups is 2. The molecular formula is C22H28O2. The van der Waals surface area contributed by atoms with Gasteiger partial charge in [-0.2, -0.15) is 0 Å². The lowest BCUT2D eigenvalue weighted by molar-refractivity contribution is 0.0977. The highest BCUT2D eigenvalue weighted by atomic mass is 16.1. The van der Waals surface area contributed by atoms with Gasteiger partial charge < -0.3 is 0 Å². The van der Waals surface area contributed by atoms with Crippen molar-refractivity contribution >= 4 is 11.6 Å². The van der Waals surface area contributed by atoms with Gasteiger partial charge in [-0.1, -0.05) is 93.3 Å². The van der Waals surface area contributed by atoms with Crippen molar-refractivity contribution in [1.29, 1.82) is 0 Å². The Labute approximate surface area is 145 Å². The van der Waals surface area contributed by atoms with Gasteiger partial charge in [0.1, 0.15) is 0 Å². The molecule has 0 spiro atoms. The molecule has 0 saturated heterocycles. The normalized spacial score (nSPS) is 9.75. The maximum Gasteiger partial charge on any atom is 0.162 e. The van der Waals surface area contributed by atoms with E-state index in [1.807, 2.05) is 60.7 Å². The van der Waals surface area contributed by atoms with Crippen LogP contribution >= 0.6 is 0 Å². The lowest BCUT2D eigenvalue weighted by atomic mass is 10.0. The number of hydrogen-bond acceptors (Lipinski definition) is 2. The number of carbonyl (C=O) groups excluding carboxylic acids is 2. The van der Waals surface area contributed by atoms with Gasteiger partial charge in [-0.05, 0) is 13.3 Å². The van der Waals surface area contributed by atoms with Gasteiger partial charge in [0.15, 0.2) is 11.6 Å². The first-order chi connectivity index (χ1) is 11.6. The largest absolute Gasteiger partial charge is 0.295 e.